The second kappa shape index (κ2) is 5.41. The minimum Gasteiger partial charge on any atom is -0.478 e. The van der Waals surface area contributed by atoms with Crippen molar-refractivity contribution in [1.82, 2.24) is 4.98 Å². The van der Waals surface area contributed by atoms with Crippen molar-refractivity contribution < 1.29 is 29.7 Å². The first-order chi connectivity index (χ1) is 9.88. The molecule has 1 aromatic heterocycles. The molecule has 7 nitrogen and oxygen atoms in total. The van der Waals surface area contributed by atoms with Gasteiger partial charge < -0.3 is 15.3 Å². The Bertz CT molecular complexity index is 721. The predicted molar refractivity (Wildman–Crippen MR) is 70.6 cm³/mol. The van der Waals surface area contributed by atoms with Crippen LogP contribution in [-0.4, -0.2) is 38.2 Å². The molecule has 0 spiro atoms. The molecule has 0 aliphatic heterocycles. The van der Waals surface area contributed by atoms with Crippen LogP contribution in [0.2, 0.25) is 0 Å². The molecule has 1 heterocycles. The van der Waals surface area contributed by atoms with Gasteiger partial charge >= 0.3 is 17.9 Å². The molecular weight excluding hydrogens is 278 g/mol. The van der Waals surface area contributed by atoms with Gasteiger partial charge in [-0.3, -0.25) is 4.98 Å². The summed E-state index contributed by atoms with van der Waals surface area (Å²) in [7, 11) is 0. The number of nitrogens with zero attached hydrogens (tertiary/aromatic N) is 1. The van der Waals surface area contributed by atoms with Crippen LogP contribution in [0.4, 0.5) is 0 Å². The van der Waals surface area contributed by atoms with Gasteiger partial charge in [0.1, 0.15) is 0 Å². The lowest BCUT2D eigenvalue weighted by atomic mass is 10.00. The first-order valence-corrected chi connectivity index (χ1v) is 5.69. The fourth-order valence-electron chi connectivity index (χ4n) is 1.76. The number of benzene rings is 1. The number of pyridine rings is 1. The molecule has 0 atom stereocenters. The highest BCUT2D eigenvalue weighted by Crippen LogP contribution is 2.23. The summed E-state index contributed by atoms with van der Waals surface area (Å²) in [6.07, 6.45) is 2.48. The Kier molecular flexibility index (Phi) is 3.66. The molecule has 1 aromatic carbocycles. The number of hydrogen-bond donors (Lipinski definition) is 3. The van der Waals surface area contributed by atoms with Crippen LogP contribution >= 0.6 is 0 Å². The number of aromatic nitrogens is 1. The van der Waals surface area contributed by atoms with E-state index in [2.05, 4.69) is 4.98 Å². The molecule has 0 bridgehead atoms. The van der Waals surface area contributed by atoms with Gasteiger partial charge in [-0.05, 0) is 29.8 Å². The third kappa shape index (κ3) is 3.03. The van der Waals surface area contributed by atoms with Gasteiger partial charge in [0.2, 0.25) is 0 Å². The van der Waals surface area contributed by atoms with Crippen LogP contribution in [-0.2, 0) is 0 Å². The summed E-state index contributed by atoms with van der Waals surface area (Å²) in [5.41, 5.74) is 0.102. The van der Waals surface area contributed by atoms with Crippen molar-refractivity contribution in [3.8, 4) is 11.1 Å². The third-order valence-electron chi connectivity index (χ3n) is 2.75. The lowest BCUT2D eigenvalue weighted by Gasteiger charge is -2.06. The molecule has 0 fully saturated rings. The monoisotopic (exact) mass is 287 g/mol. The second-order valence-corrected chi connectivity index (χ2v) is 4.18. The zero-order valence-electron chi connectivity index (χ0n) is 10.5. The highest BCUT2D eigenvalue weighted by Gasteiger charge is 2.13. The maximum absolute atomic E-state index is 11.0. The van der Waals surface area contributed by atoms with Crippen LogP contribution in [0.5, 0.6) is 0 Å². The van der Waals surface area contributed by atoms with Crippen molar-refractivity contribution >= 4 is 17.9 Å². The van der Waals surface area contributed by atoms with E-state index in [9.17, 15) is 14.4 Å². The molecule has 0 saturated carbocycles. The summed E-state index contributed by atoms with van der Waals surface area (Å²) < 4.78 is 0. The summed E-state index contributed by atoms with van der Waals surface area (Å²) in [4.78, 5) is 36.7. The largest absolute Gasteiger partial charge is 0.478 e. The number of carbonyl (C=O) groups is 3. The highest BCUT2D eigenvalue weighted by atomic mass is 16.4. The van der Waals surface area contributed by atoms with E-state index >= 15 is 0 Å². The average Bonchev–Trinajstić information content (AvgIpc) is 2.46. The van der Waals surface area contributed by atoms with Gasteiger partial charge in [0.15, 0.2) is 0 Å². The number of rotatable bonds is 4. The molecule has 106 valence electrons. The minimum absolute atomic E-state index is 0.0786. The molecule has 0 aliphatic carbocycles. The van der Waals surface area contributed by atoms with Crippen molar-refractivity contribution in [2.45, 2.75) is 0 Å². The number of carboxylic acids is 3. The molecule has 0 saturated heterocycles. The topological polar surface area (TPSA) is 125 Å². The van der Waals surface area contributed by atoms with E-state index in [4.69, 9.17) is 15.3 Å². The molecule has 0 amide bonds. The fourth-order valence-corrected chi connectivity index (χ4v) is 1.76. The van der Waals surface area contributed by atoms with Gasteiger partial charge in [-0.25, -0.2) is 14.4 Å². The Labute approximate surface area is 118 Å². The van der Waals surface area contributed by atoms with Gasteiger partial charge in [-0.1, -0.05) is 0 Å². The fraction of sp³-hybridized carbons (Fsp3) is 0. The average molecular weight is 287 g/mol. The quantitative estimate of drug-likeness (QED) is 0.783. The smallest absolute Gasteiger partial charge is 0.337 e. The molecule has 0 aliphatic rings. The van der Waals surface area contributed by atoms with E-state index in [0.717, 1.165) is 12.3 Å². The van der Waals surface area contributed by atoms with Crippen LogP contribution in [0.1, 0.15) is 31.1 Å². The predicted octanol–water partition coefficient (Wildman–Crippen LogP) is 1.84. The van der Waals surface area contributed by atoms with Crippen LogP contribution in [0, 0.1) is 0 Å². The maximum atomic E-state index is 11.0. The SMILES string of the molecule is O=C(O)c1cncc(-c2cc(C(=O)O)cc(C(=O)O)c2)c1. The normalized spacial score (nSPS) is 10.1. The van der Waals surface area contributed by atoms with Gasteiger partial charge in [-0.15, -0.1) is 0 Å². The van der Waals surface area contributed by atoms with Crippen molar-refractivity contribution in [1.29, 1.82) is 0 Å². The zero-order chi connectivity index (χ0) is 15.6. The van der Waals surface area contributed by atoms with E-state index in [1.54, 1.807) is 0 Å². The molecule has 21 heavy (non-hydrogen) atoms. The lowest BCUT2D eigenvalue weighted by molar-refractivity contribution is 0.0681. The van der Waals surface area contributed by atoms with Gasteiger partial charge in [0.05, 0.1) is 16.7 Å². The molecule has 7 heteroatoms. The highest BCUT2D eigenvalue weighted by molar-refractivity contribution is 5.96. The number of hydrogen-bond acceptors (Lipinski definition) is 4. The van der Waals surface area contributed by atoms with Crippen LogP contribution in [0.15, 0.2) is 36.7 Å². The van der Waals surface area contributed by atoms with E-state index in [1.807, 2.05) is 0 Å². The van der Waals surface area contributed by atoms with Crippen molar-refractivity contribution in [3.63, 3.8) is 0 Å². The molecule has 2 rings (SSSR count). The number of carboxylic acid groups (broad SMARTS) is 3. The molecule has 0 radical (unpaired) electrons. The Morgan fingerprint density at radius 2 is 1.14 bits per heavy atom. The van der Waals surface area contributed by atoms with Gasteiger partial charge in [0, 0.05) is 18.0 Å². The standard InChI is InChI=1S/C14H9NO6/c16-12(17)8-1-7(2-9(3-8)13(18)19)10-4-11(14(20)21)6-15-5-10/h1-6H,(H,16,17)(H,18,19)(H,20,21). The first kappa shape index (κ1) is 14.2. The van der Waals surface area contributed by atoms with Crippen LogP contribution < -0.4 is 0 Å². The summed E-state index contributed by atoms with van der Waals surface area (Å²) in [5.74, 6) is -3.74. The summed E-state index contributed by atoms with van der Waals surface area (Å²) >= 11 is 0. The van der Waals surface area contributed by atoms with Crippen molar-refractivity contribution in [2.75, 3.05) is 0 Å². The van der Waals surface area contributed by atoms with Crippen molar-refractivity contribution in [2.24, 2.45) is 0 Å². The maximum Gasteiger partial charge on any atom is 0.337 e. The Hall–Kier alpha value is -3.22. The lowest BCUT2D eigenvalue weighted by Crippen LogP contribution is -2.03. The summed E-state index contributed by atoms with van der Waals surface area (Å²) in [6, 6.07) is 4.85. The molecule has 2 aromatic rings. The zero-order valence-corrected chi connectivity index (χ0v) is 10.5. The number of aromatic carboxylic acids is 3. The van der Waals surface area contributed by atoms with Gasteiger partial charge in [-0.2, -0.15) is 0 Å². The van der Waals surface area contributed by atoms with Crippen LogP contribution in [0.25, 0.3) is 11.1 Å². The second-order valence-electron chi connectivity index (χ2n) is 4.18. The Morgan fingerprint density at radius 3 is 1.62 bits per heavy atom. The van der Waals surface area contributed by atoms with Crippen LogP contribution in [0.3, 0.4) is 0 Å². The molecule has 0 unspecified atom stereocenters. The first-order valence-electron chi connectivity index (χ1n) is 5.69. The Morgan fingerprint density at radius 1 is 0.667 bits per heavy atom. The van der Waals surface area contributed by atoms with Gasteiger partial charge in [0.25, 0.3) is 0 Å². The third-order valence-corrected chi connectivity index (χ3v) is 2.75. The van der Waals surface area contributed by atoms with Crippen molar-refractivity contribution in [3.05, 3.63) is 53.3 Å². The van der Waals surface area contributed by atoms with E-state index in [1.165, 1.54) is 24.4 Å². The summed E-state index contributed by atoms with van der Waals surface area (Å²) in [6.45, 7) is 0. The van der Waals surface area contributed by atoms with E-state index in [0.29, 0.717) is 5.56 Å². The molecular formula is C14H9NO6. The van der Waals surface area contributed by atoms with E-state index < -0.39 is 17.9 Å². The Balaban J connectivity index is 2.62. The van der Waals surface area contributed by atoms with E-state index in [-0.39, 0.29) is 22.3 Å². The minimum atomic E-state index is -1.28. The molecule has 3 N–H and O–H groups in total. The summed E-state index contributed by atoms with van der Waals surface area (Å²) in [5, 5.41) is 26.9.